The molecular weight excluding hydrogens is 672 g/mol. The number of hydrogen-bond donors (Lipinski definition) is 1. The van der Waals surface area contributed by atoms with Gasteiger partial charge in [-0.2, -0.15) is 0 Å². The minimum Gasteiger partial charge on any atom is -0.502 e. The van der Waals surface area contributed by atoms with Gasteiger partial charge in [0.05, 0.1) is 33.5 Å². The molecule has 0 bridgehead atoms. The van der Waals surface area contributed by atoms with Crippen LogP contribution in [0.15, 0.2) is 97.9 Å². The van der Waals surface area contributed by atoms with Crippen molar-refractivity contribution in [2.24, 2.45) is 0 Å². The summed E-state index contributed by atoms with van der Waals surface area (Å²) in [6.07, 6.45) is 9.63. The average molecular weight is 731 g/mol. The van der Waals surface area contributed by atoms with Gasteiger partial charge in [-0.25, -0.2) is 24.0 Å². The summed E-state index contributed by atoms with van der Waals surface area (Å²) >= 11 is 0. The van der Waals surface area contributed by atoms with Gasteiger partial charge in [-0.3, -0.25) is 0 Å². The van der Waals surface area contributed by atoms with E-state index >= 15 is 0 Å². The number of carbonyl (C=O) groups is 5. The molecule has 12 nitrogen and oxygen atoms in total. The minimum atomic E-state index is -0.757. The molecule has 1 fully saturated rings. The Balaban J connectivity index is -0.000000589. The van der Waals surface area contributed by atoms with Crippen molar-refractivity contribution in [2.45, 2.75) is 72.8 Å². The fourth-order valence-electron chi connectivity index (χ4n) is 2.61. The first-order chi connectivity index (χ1) is 24.6. The summed E-state index contributed by atoms with van der Waals surface area (Å²) in [5, 5.41) is 8.28. The summed E-state index contributed by atoms with van der Waals surface area (Å²) in [6, 6.07) is 9.89. The van der Waals surface area contributed by atoms with Crippen molar-refractivity contribution < 1.29 is 57.5 Å². The van der Waals surface area contributed by atoms with Crippen LogP contribution in [-0.4, -0.2) is 81.2 Å². The molecule has 0 aromatic heterocycles. The second kappa shape index (κ2) is 34.2. The van der Waals surface area contributed by atoms with E-state index in [0.29, 0.717) is 49.6 Å². The molecule has 1 aromatic carbocycles. The zero-order valence-electron chi connectivity index (χ0n) is 31.7. The Morgan fingerprint density at radius 2 is 1.33 bits per heavy atom. The highest BCUT2D eigenvalue weighted by atomic mass is 16.6. The maximum atomic E-state index is 11.0. The summed E-state index contributed by atoms with van der Waals surface area (Å²) in [4.78, 5) is 52.9. The quantitative estimate of drug-likeness (QED) is 0.0423. The van der Waals surface area contributed by atoms with Crippen molar-refractivity contribution in [3.05, 3.63) is 103 Å². The molecule has 1 N–H and O–H groups in total. The third kappa shape index (κ3) is 34.6. The van der Waals surface area contributed by atoms with Gasteiger partial charge in [-0.05, 0) is 52.2 Å². The van der Waals surface area contributed by atoms with Crippen LogP contribution in [0.3, 0.4) is 0 Å². The summed E-state index contributed by atoms with van der Waals surface area (Å²) < 4.78 is 27.9. The van der Waals surface area contributed by atoms with E-state index in [1.54, 1.807) is 20.8 Å². The van der Waals surface area contributed by atoms with Gasteiger partial charge in [0.15, 0.2) is 5.76 Å². The van der Waals surface area contributed by atoms with Crippen LogP contribution in [-0.2, 0) is 52.4 Å². The lowest BCUT2D eigenvalue weighted by atomic mass is 10.1. The molecule has 1 saturated heterocycles. The van der Waals surface area contributed by atoms with Crippen LogP contribution < -0.4 is 0 Å². The standard InChI is InChI=1S/C13H14O2.C8H14O2.C7H10O3.C7H12O2.C5H8O3/c1-11(13(14)15-2)7-6-10-12-8-4-3-5-9-12;1-4-5-6-10-8(9)7(2)3;1-5(2)7(8)10-4-6-3-9-6;1-3-5-6-9-7(8)4-2;1-3-8-5(7)4(2)6/h3-6,8-10H,1,7H2,2H3;2,4-6H2,1,3H3;6H,1,3-4H2,2H3;4H,2-3,5-6H2,1H3;6H,2-3H2,1H3. The van der Waals surface area contributed by atoms with E-state index in [9.17, 15) is 24.0 Å². The van der Waals surface area contributed by atoms with Crippen LogP contribution in [0, 0.1) is 0 Å². The van der Waals surface area contributed by atoms with Crippen LogP contribution in [0.5, 0.6) is 0 Å². The molecule has 1 aliphatic rings. The number of aliphatic hydroxyl groups excluding tert-OH is 1. The average Bonchev–Trinajstić information content (AvgIpc) is 3.96. The summed E-state index contributed by atoms with van der Waals surface area (Å²) in [7, 11) is 1.36. The molecule has 0 radical (unpaired) electrons. The molecule has 290 valence electrons. The third-order valence-corrected chi connectivity index (χ3v) is 5.60. The first-order valence-electron chi connectivity index (χ1n) is 16.7. The summed E-state index contributed by atoms with van der Waals surface area (Å²) in [5.41, 5.74) is 2.47. The third-order valence-electron chi connectivity index (χ3n) is 5.60. The Labute approximate surface area is 309 Å². The van der Waals surface area contributed by atoms with Gasteiger partial charge in [0, 0.05) is 22.8 Å². The van der Waals surface area contributed by atoms with Crippen LogP contribution in [0.25, 0.3) is 6.08 Å². The number of ether oxygens (including phenoxy) is 6. The first kappa shape index (κ1) is 51.1. The van der Waals surface area contributed by atoms with Crippen molar-refractivity contribution in [1.82, 2.24) is 0 Å². The largest absolute Gasteiger partial charge is 0.502 e. The monoisotopic (exact) mass is 730 g/mol. The lowest BCUT2D eigenvalue weighted by Gasteiger charge is -2.01. The molecule has 2 rings (SSSR count). The highest BCUT2D eigenvalue weighted by Crippen LogP contribution is 2.09. The Hall–Kier alpha value is -5.23. The molecule has 1 aromatic rings. The zero-order chi connectivity index (χ0) is 40.3. The Bertz CT molecular complexity index is 1290. The van der Waals surface area contributed by atoms with E-state index < -0.39 is 11.7 Å². The van der Waals surface area contributed by atoms with Crippen LogP contribution in [0.1, 0.15) is 72.3 Å². The molecule has 1 heterocycles. The number of aliphatic hydroxyl groups is 1. The van der Waals surface area contributed by atoms with Gasteiger partial charge in [-0.15, -0.1) is 0 Å². The number of benzene rings is 1. The minimum absolute atomic E-state index is 0.142. The molecule has 1 aliphatic heterocycles. The number of rotatable bonds is 17. The van der Waals surface area contributed by atoms with E-state index in [1.807, 2.05) is 49.4 Å². The van der Waals surface area contributed by atoms with Crippen LogP contribution >= 0.6 is 0 Å². The highest BCUT2D eigenvalue weighted by Gasteiger charge is 2.24. The smallest absolute Gasteiger partial charge is 0.372 e. The highest BCUT2D eigenvalue weighted by molar-refractivity contribution is 5.88. The van der Waals surface area contributed by atoms with Gasteiger partial charge < -0.3 is 33.5 Å². The maximum absolute atomic E-state index is 11.0. The van der Waals surface area contributed by atoms with Crippen molar-refractivity contribution >= 4 is 35.9 Å². The fourth-order valence-corrected chi connectivity index (χ4v) is 2.61. The van der Waals surface area contributed by atoms with E-state index in [1.165, 1.54) is 13.2 Å². The number of allylic oxidation sites excluding steroid dienone is 1. The molecule has 0 amide bonds. The molecular formula is C40H58O12. The molecule has 12 heteroatoms. The van der Waals surface area contributed by atoms with Crippen molar-refractivity contribution in [2.75, 3.05) is 40.1 Å². The SMILES string of the molecule is C=C(C)C(=O)OCC1CO1.C=C(C)C(=O)OCCCC.C=C(CC=Cc1ccccc1)C(=O)OC.C=C(O)C(=O)OCC.C=CC(=O)OCCCC. The lowest BCUT2D eigenvalue weighted by molar-refractivity contribution is -0.141. The van der Waals surface area contributed by atoms with Crippen LogP contribution in [0.4, 0.5) is 0 Å². The Morgan fingerprint density at radius 1 is 0.808 bits per heavy atom. The van der Waals surface area contributed by atoms with Gasteiger partial charge in [0.25, 0.3) is 0 Å². The van der Waals surface area contributed by atoms with Gasteiger partial charge in [0.1, 0.15) is 12.7 Å². The summed E-state index contributed by atoms with van der Waals surface area (Å²) in [5.74, 6) is -2.61. The second-order valence-corrected chi connectivity index (χ2v) is 10.6. The van der Waals surface area contributed by atoms with E-state index in [2.05, 4.69) is 54.0 Å². The zero-order valence-corrected chi connectivity index (χ0v) is 31.7. The van der Waals surface area contributed by atoms with E-state index in [4.69, 9.17) is 19.3 Å². The molecule has 0 spiro atoms. The number of methoxy groups -OCH3 is 1. The number of epoxide rings is 1. The van der Waals surface area contributed by atoms with Gasteiger partial charge >= 0.3 is 29.8 Å². The topological polar surface area (TPSA) is 164 Å². The molecule has 1 unspecified atom stereocenters. The second-order valence-electron chi connectivity index (χ2n) is 10.6. The van der Waals surface area contributed by atoms with E-state index in [-0.39, 0.29) is 36.6 Å². The van der Waals surface area contributed by atoms with Crippen molar-refractivity contribution in [3.8, 4) is 0 Å². The maximum Gasteiger partial charge on any atom is 0.372 e. The predicted octanol–water partition coefficient (Wildman–Crippen LogP) is 7.37. The first-order valence-corrected chi connectivity index (χ1v) is 16.7. The molecule has 1 atom stereocenters. The van der Waals surface area contributed by atoms with E-state index in [0.717, 1.165) is 31.2 Å². The predicted molar refractivity (Wildman–Crippen MR) is 202 cm³/mol. The normalized spacial score (nSPS) is 11.6. The fraction of sp³-hybridized carbons (Fsp3) is 0.425. The van der Waals surface area contributed by atoms with Gasteiger partial charge in [-0.1, -0.05) is 95.5 Å². The number of esters is 5. The Morgan fingerprint density at radius 3 is 1.73 bits per heavy atom. The number of hydrogen-bond acceptors (Lipinski definition) is 12. The Kier molecular flexibility index (Phi) is 33.7. The molecule has 52 heavy (non-hydrogen) atoms. The van der Waals surface area contributed by atoms with Gasteiger partial charge in [0.2, 0.25) is 0 Å². The number of unbranched alkanes of at least 4 members (excludes halogenated alkanes) is 2. The van der Waals surface area contributed by atoms with Crippen LogP contribution in [0.2, 0.25) is 0 Å². The van der Waals surface area contributed by atoms with Crippen molar-refractivity contribution in [1.29, 1.82) is 0 Å². The van der Waals surface area contributed by atoms with Crippen molar-refractivity contribution in [3.63, 3.8) is 0 Å². The molecule has 0 saturated carbocycles. The molecule has 0 aliphatic carbocycles. The number of carbonyl (C=O) groups excluding carboxylic acids is 5. The lowest BCUT2D eigenvalue weighted by Crippen LogP contribution is -2.09. The summed E-state index contributed by atoms with van der Waals surface area (Å²) in [6.45, 7) is 28.1.